The van der Waals surface area contributed by atoms with Crippen molar-refractivity contribution in [2.45, 2.75) is 63.5 Å². The Labute approximate surface area is 227 Å². The predicted octanol–water partition coefficient (Wildman–Crippen LogP) is 2.65. The zero-order valence-corrected chi connectivity index (χ0v) is 23.0. The van der Waals surface area contributed by atoms with Crippen LogP contribution < -0.4 is 16.4 Å². The summed E-state index contributed by atoms with van der Waals surface area (Å²) in [5.41, 5.74) is 7.53. The molecule has 1 atom stereocenters. The Morgan fingerprint density at radius 3 is 2.29 bits per heavy atom. The number of piperidine rings is 1. The maximum Gasteiger partial charge on any atom is 0.251 e. The molecule has 38 heavy (non-hydrogen) atoms. The molecule has 0 bridgehead atoms. The second-order valence-electron chi connectivity index (χ2n) is 10.3. The summed E-state index contributed by atoms with van der Waals surface area (Å²) < 4.78 is 0. The third-order valence-corrected chi connectivity index (χ3v) is 6.60. The smallest absolute Gasteiger partial charge is 0.251 e. The zero-order chi connectivity index (χ0) is 28.0. The average molecular weight is 525 g/mol. The van der Waals surface area contributed by atoms with Gasteiger partial charge in [0.1, 0.15) is 6.29 Å². The minimum Gasteiger partial charge on any atom is -0.395 e. The van der Waals surface area contributed by atoms with Gasteiger partial charge in [0, 0.05) is 25.2 Å². The Kier molecular flexibility index (Phi) is 13.1. The molecule has 2 amide bonds. The SMILES string of the molecule is CC(C)(N)C=O.CN[C@H](CCCc1ccccc1)C(=O)N1CCC(c2ccccc2C(=O)NCCO)CC1. The highest BCUT2D eigenvalue weighted by Crippen LogP contribution is 2.31. The van der Waals surface area contributed by atoms with Gasteiger partial charge in [0.05, 0.1) is 18.2 Å². The number of likely N-dealkylation sites (tertiary alicyclic amines) is 1. The molecule has 1 fully saturated rings. The lowest BCUT2D eigenvalue weighted by Gasteiger charge is -2.35. The van der Waals surface area contributed by atoms with E-state index in [0.717, 1.165) is 37.7 Å². The summed E-state index contributed by atoms with van der Waals surface area (Å²) in [6.45, 7) is 4.88. The highest BCUT2D eigenvalue weighted by molar-refractivity contribution is 5.95. The number of aliphatic hydroxyl groups is 1. The van der Waals surface area contributed by atoms with Crippen LogP contribution in [0.2, 0.25) is 0 Å². The van der Waals surface area contributed by atoms with E-state index >= 15 is 0 Å². The number of aryl methyl sites for hydroxylation is 1. The summed E-state index contributed by atoms with van der Waals surface area (Å²) in [4.78, 5) is 37.2. The molecule has 5 N–H and O–H groups in total. The molecule has 1 heterocycles. The third-order valence-electron chi connectivity index (χ3n) is 6.60. The van der Waals surface area contributed by atoms with Gasteiger partial charge in [-0.25, -0.2) is 0 Å². The van der Waals surface area contributed by atoms with E-state index in [2.05, 4.69) is 34.9 Å². The number of benzene rings is 2. The lowest BCUT2D eigenvalue weighted by atomic mass is 9.86. The molecule has 0 unspecified atom stereocenters. The summed E-state index contributed by atoms with van der Waals surface area (Å²) in [6, 6.07) is 17.9. The minimum atomic E-state index is -0.639. The van der Waals surface area contributed by atoms with Crippen LogP contribution in [0.3, 0.4) is 0 Å². The first-order valence-electron chi connectivity index (χ1n) is 13.4. The lowest BCUT2D eigenvalue weighted by molar-refractivity contribution is -0.134. The maximum atomic E-state index is 13.1. The van der Waals surface area contributed by atoms with E-state index in [1.54, 1.807) is 13.8 Å². The van der Waals surface area contributed by atoms with Gasteiger partial charge in [0.25, 0.3) is 5.91 Å². The number of carbonyl (C=O) groups is 3. The summed E-state index contributed by atoms with van der Waals surface area (Å²) in [5.74, 6) is 0.274. The fourth-order valence-electron chi connectivity index (χ4n) is 4.50. The normalized spacial score (nSPS) is 14.7. The van der Waals surface area contributed by atoms with Gasteiger partial charge >= 0.3 is 0 Å². The van der Waals surface area contributed by atoms with Crippen LogP contribution in [0.25, 0.3) is 0 Å². The van der Waals surface area contributed by atoms with Gasteiger partial charge in [-0.2, -0.15) is 0 Å². The van der Waals surface area contributed by atoms with E-state index in [9.17, 15) is 14.4 Å². The molecular formula is C30H44N4O4. The van der Waals surface area contributed by atoms with Crippen LogP contribution in [-0.4, -0.2) is 73.0 Å². The van der Waals surface area contributed by atoms with Crippen molar-refractivity contribution in [3.8, 4) is 0 Å². The first-order valence-corrected chi connectivity index (χ1v) is 13.4. The fraction of sp³-hybridized carbons (Fsp3) is 0.500. The van der Waals surface area contributed by atoms with Crippen LogP contribution >= 0.6 is 0 Å². The van der Waals surface area contributed by atoms with Gasteiger partial charge in [-0.3, -0.25) is 9.59 Å². The monoisotopic (exact) mass is 524 g/mol. The number of carbonyl (C=O) groups excluding carboxylic acids is 3. The van der Waals surface area contributed by atoms with E-state index in [4.69, 9.17) is 10.8 Å². The van der Waals surface area contributed by atoms with Gasteiger partial charge in [-0.15, -0.1) is 0 Å². The molecule has 0 radical (unpaired) electrons. The number of aliphatic hydroxyl groups excluding tert-OH is 1. The number of nitrogens with zero attached hydrogens (tertiary/aromatic N) is 1. The number of nitrogens with one attached hydrogen (secondary N) is 2. The summed E-state index contributed by atoms with van der Waals surface area (Å²) >= 11 is 0. The van der Waals surface area contributed by atoms with Crippen molar-refractivity contribution in [2.75, 3.05) is 33.3 Å². The van der Waals surface area contributed by atoms with Crippen LogP contribution in [0.5, 0.6) is 0 Å². The quantitative estimate of drug-likeness (QED) is 0.335. The molecule has 2 aromatic rings. The molecule has 3 rings (SSSR count). The summed E-state index contributed by atoms with van der Waals surface area (Å²) in [6.07, 6.45) is 5.16. The fourth-order valence-corrected chi connectivity index (χ4v) is 4.50. The highest BCUT2D eigenvalue weighted by atomic mass is 16.3. The third kappa shape index (κ3) is 10.4. The number of aldehydes is 1. The largest absolute Gasteiger partial charge is 0.395 e. The lowest BCUT2D eigenvalue weighted by Crippen LogP contribution is -2.48. The Morgan fingerprint density at radius 2 is 1.71 bits per heavy atom. The van der Waals surface area contributed by atoms with Crippen molar-refractivity contribution in [1.29, 1.82) is 0 Å². The van der Waals surface area contributed by atoms with Crippen molar-refractivity contribution < 1.29 is 19.5 Å². The molecule has 0 spiro atoms. The molecule has 1 aliphatic heterocycles. The number of nitrogens with two attached hydrogens (primary N) is 1. The van der Waals surface area contributed by atoms with Crippen molar-refractivity contribution in [3.63, 3.8) is 0 Å². The van der Waals surface area contributed by atoms with E-state index in [1.165, 1.54) is 5.56 Å². The molecule has 0 aromatic heterocycles. The van der Waals surface area contributed by atoms with Crippen LogP contribution in [-0.2, 0) is 16.0 Å². The summed E-state index contributed by atoms with van der Waals surface area (Å²) in [5, 5.41) is 14.9. The molecular weight excluding hydrogens is 480 g/mol. The number of hydrogen-bond donors (Lipinski definition) is 4. The maximum absolute atomic E-state index is 13.1. The molecule has 8 heteroatoms. The van der Waals surface area contributed by atoms with Gasteiger partial charge in [0.2, 0.25) is 5.91 Å². The average Bonchev–Trinajstić information content (AvgIpc) is 2.94. The van der Waals surface area contributed by atoms with Crippen LogP contribution in [0.1, 0.15) is 66.9 Å². The number of rotatable bonds is 11. The Morgan fingerprint density at radius 1 is 1.11 bits per heavy atom. The van der Waals surface area contributed by atoms with Crippen molar-refractivity contribution in [2.24, 2.45) is 5.73 Å². The van der Waals surface area contributed by atoms with Gasteiger partial charge in [0.15, 0.2) is 0 Å². The zero-order valence-electron chi connectivity index (χ0n) is 23.0. The van der Waals surface area contributed by atoms with Crippen molar-refractivity contribution in [3.05, 3.63) is 71.3 Å². The van der Waals surface area contributed by atoms with Gasteiger partial charge in [-0.1, -0.05) is 48.5 Å². The molecule has 2 aromatic carbocycles. The first-order chi connectivity index (χ1) is 18.2. The Balaban J connectivity index is 0.000000757. The summed E-state index contributed by atoms with van der Waals surface area (Å²) in [7, 11) is 1.86. The highest BCUT2D eigenvalue weighted by Gasteiger charge is 2.29. The standard InChI is InChI=1S/C26H35N3O3.C4H9NO/c1-27-24(13-7-10-20-8-3-2-4-9-20)26(32)29-17-14-21(15-18-29)22-11-5-6-12-23(22)25(31)28-16-19-30;1-4(2,5)3-6/h2-6,8-9,11-12,21,24,27,30H,7,10,13-19H2,1H3,(H,28,31);3H,5H2,1-2H3/t24-;/m1./s1. The van der Waals surface area contributed by atoms with Crippen molar-refractivity contribution in [1.82, 2.24) is 15.5 Å². The van der Waals surface area contributed by atoms with E-state index in [1.807, 2.05) is 42.3 Å². The van der Waals surface area contributed by atoms with E-state index in [-0.39, 0.29) is 36.9 Å². The second kappa shape index (κ2) is 16.0. The van der Waals surface area contributed by atoms with Gasteiger partial charge in [-0.05, 0) is 76.1 Å². The van der Waals surface area contributed by atoms with Crippen LogP contribution in [0.15, 0.2) is 54.6 Å². The van der Waals surface area contributed by atoms with Crippen LogP contribution in [0.4, 0.5) is 0 Å². The minimum absolute atomic E-state index is 0.0770. The molecule has 1 saturated heterocycles. The van der Waals surface area contributed by atoms with Crippen molar-refractivity contribution >= 4 is 18.1 Å². The second-order valence-corrected chi connectivity index (χ2v) is 10.3. The predicted molar refractivity (Wildman–Crippen MR) is 151 cm³/mol. The Bertz CT molecular complexity index is 999. The van der Waals surface area contributed by atoms with Gasteiger partial charge < -0.3 is 31.2 Å². The molecule has 208 valence electrons. The van der Waals surface area contributed by atoms with Crippen LogP contribution in [0, 0.1) is 0 Å². The van der Waals surface area contributed by atoms with E-state index < -0.39 is 5.54 Å². The number of amides is 2. The molecule has 1 aliphatic rings. The number of likely N-dealkylation sites (N-methyl/N-ethyl adjacent to an activating group) is 1. The molecule has 8 nitrogen and oxygen atoms in total. The molecule has 0 aliphatic carbocycles. The first kappa shape index (κ1) is 31.1. The topological polar surface area (TPSA) is 125 Å². The Hall–Kier alpha value is -3.07. The number of hydrogen-bond acceptors (Lipinski definition) is 6. The molecule has 0 saturated carbocycles. The van der Waals surface area contributed by atoms with E-state index in [0.29, 0.717) is 24.9 Å².